The lowest BCUT2D eigenvalue weighted by Gasteiger charge is -2.19. The summed E-state index contributed by atoms with van der Waals surface area (Å²) in [5.74, 6) is 1.67. The molecule has 7 heteroatoms. The zero-order chi connectivity index (χ0) is 19.2. The molecular formula is C20H27N3O4. The van der Waals surface area contributed by atoms with Gasteiger partial charge in [-0.25, -0.2) is 0 Å². The number of ether oxygens (including phenoxy) is 2. The molecule has 1 unspecified atom stereocenters. The van der Waals surface area contributed by atoms with Gasteiger partial charge in [-0.3, -0.25) is 4.79 Å². The topological polar surface area (TPSA) is 76.8 Å². The van der Waals surface area contributed by atoms with E-state index in [0.29, 0.717) is 17.3 Å². The number of nitrogens with one attached hydrogen (secondary N) is 1. The lowest BCUT2D eigenvalue weighted by atomic mass is 10.1. The van der Waals surface area contributed by atoms with Crippen molar-refractivity contribution in [1.29, 1.82) is 0 Å². The highest BCUT2D eigenvalue weighted by Gasteiger charge is 2.19. The molecule has 1 amide bonds. The standard InChI is InChI=1S/C20H27N3O4/c1-4-23(5-2)10-6-7-14(3)21-20(24)16-12-18(27-22-16)15-8-9-17-19(11-15)26-13-25-17/h8-9,11-12,14H,4-7,10,13H2,1-3H3,(H,21,24). The minimum atomic E-state index is -0.221. The highest BCUT2D eigenvalue weighted by Crippen LogP contribution is 2.36. The molecule has 1 atom stereocenters. The van der Waals surface area contributed by atoms with E-state index in [4.69, 9.17) is 14.0 Å². The molecule has 0 spiro atoms. The molecule has 3 rings (SSSR count). The number of carbonyl (C=O) groups is 1. The second-order valence-corrected chi connectivity index (χ2v) is 6.69. The monoisotopic (exact) mass is 373 g/mol. The van der Waals surface area contributed by atoms with Crippen LogP contribution in [-0.4, -0.2) is 48.4 Å². The molecular weight excluding hydrogens is 346 g/mol. The maximum Gasteiger partial charge on any atom is 0.273 e. The van der Waals surface area contributed by atoms with Crippen LogP contribution < -0.4 is 14.8 Å². The Hall–Kier alpha value is -2.54. The largest absolute Gasteiger partial charge is 0.454 e. The minimum absolute atomic E-state index is 0.0822. The van der Waals surface area contributed by atoms with E-state index in [9.17, 15) is 4.79 Å². The Labute approximate surface area is 159 Å². The number of aromatic nitrogens is 1. The number of hydrogen-bond acceptors (Lipinski definition) is 6. The first kappa shape index (κ1) is 19.2. The molecule has 7 nitrogen and oxygen atoms in total. The number of benzene rings is 1. The van der Waals surface area contributed by atoms with Crippen molar-refractivity contribution in [2.24, 2.45) is 0 Å². The number of hydrogen-bond donors (Lipinski definition) is 1. The van der Waals surface area contributed by atoms with E-state index in [1.54, 1.807) is 6.07 Å². The van der Waals surface area contributed by atoms with E-state index in [2.05, 4.69) is 29.2 Å². The van der Waals surface area contributed by atoms with E-state index < -0.39 is 0 Å². The molecule has 1 aliphatic heterocycles. The van der Waals surface area contributed by atoms with Crippen molar-refractivity contribution in [2.75, 3.05) is 26.4 Å². The summed E-state index contributed by atoms with van der Waals surface area (Å²) in [6, 6.07) is 7.22. The summed E-state index contributed by atoms with van der Waals surface area (Å²) in [5, 5.41) is 6.89. The smallest absolute Gasteiger partial charge is 0.273 e. The van der Waals surface area contributed by atoms with Gasteiger partial charge >= 0.3 is 0 Å². The maximum atomic E-state index is 12.4. The second kappa shape index (κ2) is 8.90. The van der Waals surface area contributed by atoms with Gasteiger partial charge in [0.1, 0.15) is 0 Å². The van der Waals surface area contributed by atoms with Crippen molar-refractivity contribution in [3.8, 4) is 22.8 Å². The fourth-order valence-electron chi connectivity index (χ4n) is 3.10. The van der Waals surface area contributed by atoms with E-state index in [1.807, 2.05) is 25.1 Å². The quantitative estimate of drug-likeness (QED) is 0.727. The Morgan fingerprint density at radius 1 is 1.22 bits per heavy atom. The number of nitrogens with zero attached hydrogens (tertiary/aromatic N) is 2. The fraction of sp³-hybridized carbons (Fsp3) is 0.500. The van der Waals surface area contributed by atoms with Crippen LogP contribution in [0.2, 0.25) is 0 Å². The summed E-state index contributed by atoms with van der Waals surface area (Å²) >= 11 is 0. The van der Waals surface area contributed by atoms with Crippen LogP contribution in [0.5, 0.6) is 11.5 Å². The fourth-order valence-corrected chi connectivity index (χ4v) is 3.10. The van der Waals surface area contributed by atoms with Gasteiger partial charge in [-0.2, -0.15) is 0 Å². The van der Waals surface area contributed by atoms with Crippen LogP contribution >= 0.6 is 0 Å². The van der Waals surface area contributed by atoms with E-state index >= 15 is 0 Å². The summed E-state index contributed by atoms with van der Waals surface area (Å²) in [5.41, 5.74) is 1.07. The minimum Gasteiger partial charge on any atom is -0.454 e. The Bertz CT molecular complexity index is 770. The van der Waals surface area contributed by atoms with Gasteiger partial charge in [0.05, 0.1) is 0 Å². The third kappa shape index (κ3) is 4.80. The van der Waals surface area contributed by atoms with Crippen LogP contribution in [0.25, 0.3) is 11.3 Å². The summed E-state index contributed by atoms with van der Waals surface area (Å²) in [6.45, 7) is 9.71. The number of rotatable bonds is 9. The van der Waals surface area contributed by atoms with Crippen molar-refractivity contribution < 1.29 is 18.8 Å². The van der Waals surface area contributed by atoms with Crippen LogP contribution in [0.1, 0.15) is 44.1 Å². The summed E-state index contributed by atoms with van der Waals surface area (Å²) in [6.07, 6.45) is 1.97. The van der Waals surface area contributed by atoms with Crippen molar-refractivity contribution in [3.05, 3.63) is 30.0 Å². The van der Waals surface area contributed by atoms with Crippen LogP contribution in [0.3, 0.4) is 0 Å². The number of carbonyl (C=O) groups excluding carboxylic acids is 1. The summed E-state index contributed by atoms with van der Waals surface area (Å²) < 4.78 is 16.0. The molecule has 27 heavy (non-hydrogen) atoms. The van der Waals surface area contributed by atoms with Gasteiger partial charge in [-0.15, -0.1) is 0 Å². The molecule has 1 aliphatic rings. The first-order valence-corrected chi connectivity index (χ1v) is 9.50. The lowest BCUT2D eigenvalue weighted by Crippen LogP contribution is -2.33. The Morgan fingerprint density at radius 2 is 2.00 bits per heavy atom. The molecule has 2 aromatic rings. The highest BCUT2D eigenvalue weighted by atomic mass is 16.7. The highest BCUT2D eigenvalue weighted by molar-refractivity contribution is 5.93. The van der Waals surface area contributed by atoms with Gasteiger partial charge < -0.3 is 24.2 Å². The first-order chi connectivity index (χ1) is 13.1. The van der Waals surface area contributed by atoms with Gasteiger partial charge in [-0.05, 0) is 57.6 Å². The van der Waals surface area contributed by atoms with Crippen molar-refractivity contribution in [2.45, 2.75) is 39.7 Å². The number of amides is 1. The van der Waals surface area contributed by atoms with E-state index in [1.165, 1.54) is 0 Å². The third-order valence-electron chi connectivity index (χ3n) is 4.78. The zero-order valence-corrected chi connectivity index (χ0v) is 16.2. The van der Waals surface area contributed by atoms with E-state index in [-0.39, 0.29) is 24.4 Å². The van der Waals surface area contributed by atoms with E-state index in [0.717, 1.165) is 38.0 Å². The Balaban J connectivity index is 1.54. The average Bonchev–Trinajstić information content (AvgIpc) is 3.33. The zero-order valence-electron chi connectivity index (χ0n) is 16.2. The van der Waals surface area contributed by atoms with Crippen molar-refractivity contribution in [1.82, 2.24) is 15.4 Å². The summed E-state index contributed by atoms with van der Waals surface area (Å²) in [4.78, 5) is 14.8. The molecule has 1 aromatic carbocycles. The maximum absolute atomic E-state index is 12.4. The van der Waals surface area contributed by atoms with Crippen molar-refractivity contribution in [3.63, 3.8) is 0 Å². The molecule has 146 valence electrons. The SMILES string of the molecule is CCN(CC)CCCC(C)NC(=O)c1cc(-c2ccc3c(c2)OCO3)on1. The molecule has 0 saturated heterocycles. The molecule has 0 bridgehead atoms. The van der Waals surface area contributed by atoms with Crippen LogP contribution in [0.15, 0.2) is 28.8 Å². The predicted octanol–water partition coefficient (Wildman–Crippen LogP) is 3.31. The average molecular weight is 373 g/mol. The Morgan fingerprint density at radius 3 is 2.78 bits per heavy atom. The van der Waals surface area contributed by atoms with Crippen LogP contribution in [0.4, 0.5) is 0 Å². The molecule has 2 heterocycles. The molecule has 1 aromatic heterocycles. The van der Waals surface area contributed by atoms with Gasteiger partial charge in [-0.1, -0.05) is 19.0 Å². The normalized spacial score (nSPS) is 13.8. The molecule has 1 N–H and O–H groups in total. The van der Waals surface area contributed by atoms with Gasteiger partial charge in [0, 0.05) is 17.7 Å². The predicted molar refractivity (Wildman–Crippen MR) is 102 cm³/mol. The second-order valence-electron chi connectivity index (χ2n) is 6.69. The lowest BCUT2D eigenvalue weighted by molar-refractivity contribution is 0.0928. The van der Waals surface area contributed by atoms with Gasteiger partial charge in [0.25, 0.3) is 5.91 Å². The van der Waals surface area contributed by atoms with Gasteiger partial charge in [0.15, 0.2) is 23.0 Å². The van der Waals surface area contributed by atoms with Gasteiger partial charge in [0.2, 0.25) is 6.79 Å². The first-order valence-electron chi connectivity index (χ1n) is 9.50. The molecule has 0 aliphatic carbocycles. The molecule has 0 radical (unpaired) electrons. The third-order valence-corrected chi connectivity index (χ3v) is 4.78. The molecule has 0 saturated carbocycles. The summed E-state index contributed by atoms with van der Waals surface area (Å²) in [7, 11) is 0. The van der Waals surface area contributed by atoms with Crippen LogP contribution in [0, 0.1) is 0 Å². The number of fused-ring (bicyclic) bond motifs is 1. The van der Waals surface area contributed by atoms with Crippen molar-refractivity contribution >= 4 is 5.91 Å². The Kier molecular flexibility index (Phi) is 6.34. The molecule has 0 fully saturated rings. The van der Waals surface area contributed by atoms with Crippen LogP contribution in [-0.2, 0) is 0 Å².